The van der Waals surface area contributed by atoms with Gasteiger partial charge in [-0.1, -0.05) is 40.5 Å². The van der Waals surface area contributed by atoms with E-state index in [1.165, 1.54) is 31.5 Å². The average molecular weight is 262 g/mol. The Labute approximate surface area is 116 Å². The maximum atomic E-state index is 4.59. The molecule has 0 spiro atoms. The Morgan fingerprint density at radius 2 is 1.89 bits per heavy atom. The molecule has 3 rings (SSSR count). The van der Waals surface area contributed by atoms with Crippen LogP contribution in [0.2, 0.25) is 0 Å². The van der Waals surface area contributed by atoms with Crippen molar-refractivity contribution < 1.29 is 0 Å². The molecule has 1 aromatic heterocycles. The lowest BCUT2D eigenvalue weighted by Crippen LogP contribution is -2.41. The minimum Gasteiger partial charge on any atom is -0.312 e. The molecule has 2 heterocycles. The van der Waals surface area contributed by atoms with Crippen molar-refractivity contribution in [3.63, 3.8) is 0 Å². The SMILES string of the molecule is CC1(c2nnc3n2CCNC3C(C)(C)C)CCCC1. The van der Waals surface area contributed by atoms with Gasteiger partial charge in [0.05, 0.1) is 6.04 Å². The zero-order chi connectivity index (χ0) is 13.7. The molecule has 2 aliphatic rings. The van der Waals surface area contributed by atoms with Gasteiger partial charge >= 0.3 is 0 Å². The summed E-state index contributed by atoms with van der Waals surface area (Å²) in [6, 6.07) is 0.313. The summed E-state index contributed by atoms with van der Waals surface area (Å²) in [5, 5.41) is 12.7. The second kappa shape index (κ2) is 4.30. The van der Waals surface area contributed by atoms with Crippen LogP contribution in [0.3, 0.4) is 0 Å². The zero-order valence-corrected chi connectivity index (χ0v) is 12.7. The molecule has 4 heteroatoms. The van der Waals surface area contributed by atoms with Gasteiger partial charge in [-0.25, -0.2) is 0 Å². The molecular weight excluding hydrogens is 236 g/mol. The summed E-state index contributed by atoms with van der Waals surface area (Å²) in [7, 11) is 0. The molecule has 0 amide bonds. The van der Waals surface area contributed by atoms with Gasteiger partial charge in [-0.05, 0) is 18.3 Å². The molecule has 0 saturated heterocycles. The first kappa shape index (κ1) is 13.1. The molecule has 1 fully saturated rings. The number of hydrogen-bond donors (Lipinski definition) is 1. The predicted molar refractivity (Wildman–Crippen MR) is 76.0 cm³/mol. The first-order valence-corrected chi connectivity index (χ1v) is 7.59. The molecule has 106 valence electrons. The van der Waals surface area contributed by atoms with E-state index in [1.807, 2.05) is 0 Å². The van der Waals surface area contributed by atoms with Gasteiger partial charge in [-0.3, -0.25) is 0 Å². The molecule has 1 saturated carbocycles. The van der Waals surface area contributed by atoms with Crippen molar-refractivity contribution in [3.05, 3.63) is 11.6 Å². The fourth-order valence-corrected chi connectivity index (χ4v) is 3.68. The maximum absolute atomic E-state index is 4.59. The van der Waals surface area contributed by atoms with E-state index in [-0.39, 0.29) is 10.8 Å². The fraction of sp³-hybridized carbons (Fsp3) is 0.867. The second-order valence-electron chi connectivity index (χ2n) is 7.55. The van der Waals surface area contributed by atoms with E-state index in [9.17, 15) is 0 Å². The number of hydrogen-bond acceptors (Lipinski definition) is 3. The zero-order valence-electron chi connectivity index (χ0n) is 12.7. The third-order valence-corrected chi connectivity index (χ3v) is 4.83. The molecule has 0 aromatic carbocycles. The second-order valence-corrected chi connectivity index (χ2v) is 7.55. The van der Waals surface area contributed by atoms with Crippen LogP contribution in [0.5, 0.6) is 0 Å². The predicted octanol–water partition coefficient (Wildman–Crippen LogP) is 2.80. The van der Waals surface area contributed by atoms with Crippen LogP contribution in [0.1, 0.15) is 71.1 Å². The molecule has 1 aliphatic heterocycles. The molecular formula is C15H26N4. The Hall–Kier alpha value is -0.900. The van der Waals surface area contributed by atoms with E-state index in [2.05, 4.69) is 47.8 Å². The summed E-state index contributed by atoms with van der Waals surface area (Å²) < 4.78 is 2.40. The van der Waals surface area contributed by atoms with Gasteiger partial charge in [0.25, 0.3) is 0 Å². The van der Waals surface area contributed by atoms with Crippen LogP contribution >= 0.6 is 0 Å². The highest BCUT2D eigenvalue weighted by Gasteiger charge is 2.40. The van der Waals surface area contributed by atoms with Crippen LogP contribution in [-0.4, -0.2) is 21.3 Å². The van der Waals surface area contributed by atoms with Crippen molar-refractivity contribution in [2.75, 3.05) is 6.54 Å². The number of fused-ring (bicyclic) bond motifs is 1. The van der Waals surface area contributed by atoms with Gasteiger partial charge in [-0.15, -0.1) is 10.2 Å². The molecule has 1 atom stereocenters. The molecule has 19 heavy (non-hydrogen) atoms. The number of aromatic nitrogens is 3. The molecule has 0 bridgehead atoms. The van der Waals surface area contributed by atoms with E-state index in [4.69, 9.17) is 0 Å². The van der Waals surface area contributed by atoms with Crippen molar-refractivity contribution in [2.24, 2.45) is 5.41 Å². The molecule has 1 N–H and O–H groups in total. The van der Waals surface area contributed by atoms with Crippen LogP contribution in [0.15, 0.2) is 0 Å². The van der Waals surface area contributed by atoms with E-state index >= 15 is 0 Å². The van der Waals surface area contributed by atoms with Crippen molar-refractivity contribution in [3.8, 4) is 0 Å². The summed E-state index contributed by atoms with van der Waals surface area (Å²) >= 11 is 0. The van der Waals surface area contributed by atoms with E-state index in [1.54, 1.807) is 0 Å². The fourth-order valence-electron chi connectivity index (χ4n) is 3.68. The summed E-state index contributed by atoms with van der Waals surface area (Å²) in [6.45, 7) is 11.2. The number of rotatable bonds is 1. The van der Waals surface area contributed by atoms with Gasteiger partial charge in [0.2, 0.25) is 0 Å². The molecule has 1 unspecified atom stereocenters. The number of nitrogens with zero attached hydrogens (tertiary/aromatic N) is 3. The average Bonchev–Trinajstić information content (AvgIpc) is 2.93. The Morgan fingerprint density at radius 3 is 2.53 bits per heavy atom. The standard InChI is InChI=1S/C15H26N4/c1-14(2,3)11-12-17-18-13(19(12)10-9-16-11)15(4)7-5-6-8-15/h11,16H,5-10H2,1-4H3. The molecule has 1 aliphatic carbocycles. The van der Waals surface area contributed by atoms with Gasteiger partial charge in [0.1, 0.15) is 5.82 Å². The first-order chi connectivity index (χ1) is 8.92. The summed E-state index contributed by atoms with van der Waals surface area (Å²) in [4.78, 5) is 0. The molecule has 0 radical (unpaired) electrons. The highest BCUT2D eigenvalue weighted by molar-refractivity contribution is 5.15. The van der Waals surface area contributed by atoms with Crippen LogP contribution in [0.4, 0.5) is 0 Å². The van der Waals surface area contributed by atoms with Crippen molar-refractivity contribution >= 4 is 0 Å². The van der Waals surface area contributed by atoms with E-state index in [0.717, 1.165) is 18.9 Å². The van der Waals surface area contributed by atoms with Crippen LogP contribution in [0.25, 0.3) is 0 Å². The topological polar surface area (TPSA) is 42.7 Å². The lowest BCUT2D eigenvalue weighted by atomic mass is 9.84. The van der Waals surface area contributed by atoms with Crippen LogP contribution < -0.4 is 5.32 Å². The number of nitrogens with one attached hydrogen (secondary N) is 1. The third-order valence-electron chi connectivity index (χ3n) is 4.83. The Bertz CT molecular complexity index is 463. The van der Waals surface area contributed by atoms with Crippen molar-refractivity contribution in [1.82, 2.24) is 20.1 Å². The van der Waals surface area contributed by atoms with Gasteiger partial charge in [0.15, 0.2) is 5.82 Å². The van der Waals surface area contributed by atoms with Crippen molar-refractivity contribution in [1.29, 1.82) is 0 Å². The van der Waals surface area contributed by atoms with E-state index < -0.39 is 0 Å². The first-order valence-electron chi connectivity index (χ1n) is 7.59. The van der Waals surface area contributed by atoms with Gasteiger partial charge in [-0.2, -0.15) is 0 Å². The summed E-state index contributed by atoms with van der Waals surface area (Å²) in [5.41, 5.74) is 0.435. The molecule has 4 nitrogen and oxygen atoms in total. The summed E-state index contributed by atoms with van der Waals surface area (Å²) in [6.07, 6.45) is 5.19. The normalized spacial score (nSPS) is 26.4. The monoisotopic (exact) mass is 262 g/mol. The Balaban J connectivity index is 2.01. The van der Waals surface area contributed by atoms with Crippen molar-refractivity contribution in [2.45, 2.75) is 71.4 Å². The highest BCUT2D eigenvalue weighted by Crippen LogP contribution is 2.42. The highest BCUT2D eigenvalue weighted by atomic mass is 15.3. The largest absolute Gasteiger partial charge is 0.312 e. The Morgan fingerprint density at radius 1 is 1.21 bits per heavy atom. The lowest BCUT2D eigenvalue weighted by Gasteiger charge is -2.35. The Kier molecular flexibility index (Phi) is 2.97. The quantitative estimate of drug-likeness (QED) is 0.846. The van der Waals surface area contributed by atoms with Crippen LogP contribution in [-0.2, 0) is 12.0 Å². The minimum atomic E-state index is 0.180. The minimum absolute atomic E-state index is 0.180. The van der Waals surface area contributed by atoms with Gasteiger partial charge < -0.3 is 9.88 Å². The lowest BCUT2D eigenvalue weighted by molar-refractivity contribution is 0.229. The molecule has 1 aromatic rings. The van der Waals surface area contributed by atoms with Gasteiger partial charge in [0, 0.05) is 18.5 Å². The smallest absolute Gasteiger partial charge is 0.150 e. The van der Waals surface area contributed by atoms with E-state index in [0.29, 0.717) is 6.04 Å². The van der Waals surface area contributed by atoms with Crippen LogP contribution in [0, 0.1) is 5.41 Å². The third kappa shape index (κ3) is 2.10. The maximum Gasteiger partial charge on any atom is 0.150 e. The summed E-state index contributed by atoms with van der Waals surface area (Å²) in [5.74, 6) is 2.37.